The standard InChI is InChI=1S/C14H18ClFO9/c1-6(17)21-5-9-11(22-7(2)18)12(25-10(20)4-15)13(14(16)24-9)23-8(3)19/h9,11-14H,4-5H2,1-3H3/t9-,11-,12+,13-,14+/m1/s1. The highest BCUT2D eigenvalue weighted by molar-refractivity contribution is 6.26. The van der Waals surface area contributed by atoms with Crippen LogP contribution in [0, 0.1) is 0 Å². The molecule has 0 amide bonds. The topological polar surface area (TPSA) is 114 Å². The third-order valence-electron chi connectivity index (χ3n) is 3.01. The molecule has 11 heteroatoms. The summed E-state index contributed by atoms with van der Waals surface area (Å²) in [5.41, 5.74) is 0. The number of halogens is 2. The fourth-order valence-corrected chi connectivity index (χ4v) is 2.23. The normalized spacial score (nSPS) is 28.6. The third-order valence-corrected chi connectivity index (χ3v) is 3.23. The van der Waals surface area contributed by atoms with Gasteiger partial charge >= 0.3 is 23.9 Å². The van der Waals surface area contributed by atoms with Crippen molar-refractivity contribution >= 4 is 35.5 Å². The summed E-state index contributed by atoms with van der Waals surface area (Å²) in [5, 5.41) is 0. The van der Waals surface area contributed by atoms with E-state index in [2.05, 4.69) is 0 Å². The van der Waals surface area contributed by atoms with Crippen molar-refractivity contribution in [2.24, 2.45) is 0 Å². The van der Waals surface area contributed by atoms with Crippen LogP contribution in [0.15, 0.2) is 0 Å². The minimum atomic E-state index is -2.22. The molecule has 1 fully saturated rings. The quantitative estimate of drug-likeness (QED) is 0.361. The van der Waals surface area contributed by atoms with Gasteiger partial charge in [-0.15, -0.1) is 11.6 Å². The van der Waals surface area contributed by atoms with Gasteiger partial charge < -0.3 is 23.7 Å². The summed E-state index contributed by atoms with van der Waals surface area (Å²) in [6.45, 7) is 2.71. The zero-order chi connectivity index (χ0) is 19.1. The summed E-state index contributed by atoms with van der Waals surface area (Å²) in [6, 6.07) is 0. The number of ether oxygens (including phenoxy) is 5. The van der Waals surface area contributed by atoms with Crippen LogP contribution in [0.5, 0.6) is 0 Å². The van der Waals surface area contributed by atoms with Crippen molar-refractivity contribution in [3.8, 4) is 0 Å². The van der Waals surface area contributed by atoms with Crippen LogP contribution in [0.2, 0.25) is 0 Å². The van der Waals surface area contributed by atoms with Gasteiger partial charge in [0.1, 0.15) is 18.6 Å². The van der Waals surface area contributed by atoms with E-state index in [9.17, 15) is 23.6 Å². The molecule has 1 saturated heterocycles. The molecular weight excluding hydrogens is 367 g/mol. The van der Waals surface area contributed by atoms with Crippen LogP contribution in [0.1, 0.15) is 20.8 Å². The fourth-order valence-electron chi connectivity index (χ4n) is 2.17. The molecule has 0 aromatic carbocycles. The molecule has 0 aliphatic carbocycles. The summed E-state index contributed by atoms with van der Waals surface area (Å²) in [5.74, 6) is -3.88. The number of hydrogen-bond acceptors (Lipinski definition) is 9. The molecule has 0 saturated carbocycles. The Morgan fingerprint density at radius 1 is 0.920 bits per heavy atom. The highest BCUT2D eigenvalue weighted by atomic mass is 35.5. The first-order valence-electron chi connectivity index (χ1n) is 7.18. The van der Waals surface area contributed by atoms with Gasteiger partial charge in [-0.3, -0.25) is 19.2 Å². The molecule has 9 nitrogen and oxygen atoms in total. The SMILES string of the molecule is CC(=O)OC[C@H]1O[C@H](F)[C@H](OC(C)=O)[C@@H](OC(=O)CCl)[C@@H]1OC(C)=O. The van der Waals surface area contributed by atoms with Crippen molar-refractivity contribution in [3.05, 3.63) is 0 Å². The minimum Gasteiger partial charge on any atom is -0.463 e. The van der Waals surface area contributed by atoms with Gasteiger partial charge in [0.25, 0.3) is 0 Å². The number of carbonyl (C=O) groups is 4. The largest absolute Gasteiger partial charge is 0.463 e. The van der Waals surface area contributed by atoms with Gasteiger partial charge in [-0.2, -0.15) is 0 Å². The lowest BCUT2D eigenvalue weighted by Crippen LogP contribution is -2.61. The van der Waals surface area contributed by atoms with Crippen LogP contribution >= 0.6 is 11.6 Å². The lowest BCUT2D eigenvalue weighted by atomic mass is 9.98. The van der Waals surface area contributed by atoms with Gasteiger partial charge in [-0.05, 0) is 0 Å². The maximum absolute atomic E-state index is 14.3. The summed E-state index contributed by atoms with van der Waals surface area (Å²) >= 11 is 5.37. The highest BCUT2D eigenvalue weighted by Crippen LogP contribution is 2.29. The molecule has 142 valence electrons. The lowest BCUT2D eigenvalue weighted by Gasteiger charge is -2.41. The van der Waals surface area contributed by atoms with Crippen molar-refractivity contribution in [1.82, 2.24) is 0 Å². The molecule has 1 aliphatic rings. The fraction of sp³-hybridized carbons (Fsp3) is 0.714. The first kappa shape index (κ1) is 21.1. The molecule has 0 unspecified atom stereocenters. The van der Waals surface area contributed by atoms with E-state index in [1.807, 2.05) is 0 Å². The Kier molecular flexibility index (Phi) is 8.04. The molecule has 1 rings (SSSR count). The van der Waals surface area contributed by atoms with Crippen LogP contribution < -0.4 is 0 Å². The van der Waals surface area contributed by atoms with Crippen molar-refractivity contribution in [2.75, 3.05) is 12.5 Å². The Morgan fingerprint density at radius 3 is 1.96 bits per heavy atom. The molecule has 0 spiro atoms. The third kappa shape index (κ3) is 6.46. The Labute approximate surface area is 147 Å². The molecule has 1 aliphatic heterocycles. The molecule has 0 aromatic heterocycles. The second-order valence-electron chi connectivity index (χ2n) is 5.06. The van der Waals surface area contributed by atoms with Gasteiger partial charge in [-0.25, -0.2) is 4.39 Å². The van der Waals surface area contributed by atoms with Gasteiger partial charge in [-0.1, -0.05) is 0 Å². The molecule has 0 aromatic rings. The molecule has 1 heterocycles. The van der Waals surface area contributed by atoms with Crippen LogP contribution in [0.25, 0.3) is 0 Å². The van der Waals surface area contributed by atoms with Gasteiger partial charge in [0.2, 0.25) is 6.36 Å². The van der Waals surface area contributed by atoms with E-state index in [4.69, 9.17) is 35.3 Å². The van der Waals surface area contributed by atoms with Gasteiger partial charge in [0.05, 0.1) is 0 Å². The Morgan fingerprint density at radius 2 is 1.48 bits per heavy atom. The smallest absolute Gasteiger partial charge is 0.321 e. The maximum Gasteiger partial charge on any atom is 0.321 e. The Bertz CT molecular complexity index is 526. The Balaban J connectivity index is 3.13. The van der Waals surface area contributed by atoms with Crippen LogP contribution in [0.4, 0.5) is 4.39 Å². The molecule has 0 bridgehead atoms. The monoisotopic (exact) mass is 384 g/mol. The summed E-state index contributed by atoms with van der Waals surface area (Å²) in [6.07, 6.45) is -8.13. The number of carbonyl (C=O) groups excluding carboxylic acids is 4. The van der Waals surface area contributed by atoms with E-state index in [1.165, 1.54) is 0 Å². The second kappa shape index (κ2) is 9.52. The first-order chi connectivity index (χ1) is 11.6. The van der Waals surface area contributed by atoms with Gasteiger partial charge in [0, 0.05) is 20.8 Å². The number of rotatable bonds is 6. The molecule has 0 N–H and O–H groups in total. The second-order valence-corrected chi connectivity index (χ2v) is 5.33. The minimum absolute atomic E-state index is 0.477. The summed E-state index contributed by atoms with van der Waals surface area (Å²) in [4.78, 5) is 45.0. The molecule has 0 radical (unpaired) electrons. The zero-order valence-corrected chi connectivity index (χ0v) is 14.5. The lowest BCUT2D eigenvalue weighted by molar-refractivity contribution is -0.277. The van der Waals surface area contributed by atoms with Crippen molar-refractivity contribution in [3.63, 3.8) is 0 Å². The Hall–Kier alpha value is -1.94. The van der Waals surface area contributed by atoms with Crippen molar-refractivity contribution in [2.45, 2.75) is 51.5 Å². The predicted molar refractivity (Wildman–Crippen MR) is 78.1 cm³/mol. The van der Waals surface area contributed by atoms with Crippen molar-refractivity contribution < 1.29 is 47.3 Å². The highest BCUT2D eigenvalue weighted by Gasteiger charge is 2.52. The molecular formula is C14H18ClFO9. The summed E-state index contributed by atoms with van der Waals surface area (Å²) < 4.78 is 38.8. The van der Waals surface area contributed by atoms with Crippen LogP contribution in [-0.2, 0) is 42.9 Å². The molecule has 5 atom stereocenters. The van der Waals surface area contributed by atoms with E-state index in [0.717, 1.165) is 20.8 Å². The summed E-state index contributed by atoms with van der Waals surface area (Å²) in [7, 11) is 0. The van der Waals surface area contributed by atoms with Crippen LogP contribution in [0.3, 0.4) is 0 Å². The van der Waals surface area contributed by atoms with Gasteiger partial charge in [0.15, 0.2) is 18.3 Å². The molecule has 25 heavy (non-hydrogen) atoms. The van der Waals surface area contributed by atoms with Crippen molar-refractivity contribution in [1.29, 1.82) is 0 Å². The predicted octanol–water partition coefficient (Wildman–Crippen LogP) is 0.258. The number of hydrogen-bond donors (Lipinski definition) is 0. The zero-order valence-electron chi connectivity index (χ0n) is 13.7. The number of alkyl halides is 2. The van der Waals surface area contributed by atoms with E-state index >= 15 is 0 Å². The average Bonchev–Trinajstić information content (AvgIpc) is 2.50. The maximum atomic E-state index is 14.3. The van der Waals surface area contributed by atoms with E-state index in [1.54, 1.807) is 0 Å². The average molecular weight is 385 g/mol. The van der Waals surface area contributed by atoms with Crippen LogP contribution in [-0.4, -0.2) is 67.1 Å². The number of esters is 4. The van der Waals surface area contributed by atoms with E-state index in [0.29, 0.717) is 0 Å². The first-order valence-corrected chi connectivity index (χ1v) is 7.72. The van der Waals surface area contributed by atoms with E-state index < -0.39 is 67.1 Å². The van der Waals surface area contributed by atoms with E-state index in [-0.39, 0.29) is 0 Å².